The number of ether oxygens (including phenoxy) is 1. The van der Waals surface area contributed by atoms with Gasteiger partial charge in [0.05, 0.1) is 28.0 Å². The summed E-state index contributed by atoms with van der Waals surface area (Å²) < 4.78 is 60.2. The molecule has 0 radical (unpaired) electrons. The average Bonchev–Trinajstić information content (AvgIpc) is 2.87. The first-order valence-electron chi connectivity index (χ1n) is 6.34. The minimum Gasteiger partial charge on any atom is -0.465 e. The maximum atomic E-state index is 14.3. The van der Waals surface area contributed by atoms with Crippen LogP contribution in [-0.4, -0.2) is 18.1 Å². The maximum absolute atomic E-state index is 14.3. The number of benzene rings is 1. The molecule has 0 saturated carbocycles. The molecule has 2 aromatic heterocycles. The number of halogens is 5. The lowest BCUT2D eigenvalue weighted by atomic mass is 10.0. The van der Waals surface area contributed by atoms with Crippen LogP contribution >= 0.6 is 27.3 Å². The first-order chi connectivity index (χ1) is 11.3. The molecule has 0 N–H and O–H groups in total. The minimum absolute atomic E-state index is 0.0613. The number of nitrogens with zero attached hydrogens (tertiary/aromatic N) is 1. The maximum Gasteiger partial charge on any atom is 0.349 e. The van der Waals surface area contributed by atoms with Gasteiger partial charge in [-0.3, -0.25) is 4.98 Å². The van der Waals surface area contributed by atoms with Crippen LogP contribution in [0.5, 0.6) is 0 Å². The molecule has 3 aromatic rings. The van der Waals surface area contributed by atoms with E-state index in [0.29, 0.717) is 12.1 Å². The second-order valence-electron chi connectivity index (χ2n) is 4.64. The molecule has 3 nitrogen and oxygen atoms in total. The molecule has 3 rings (SSSR count). The lowest BCUT2D eigenvalue weighted by molar-refractivity contribution is 0.0605. The Morgan fingerprint density at radius 1 is 1.21 bits per heavy atom. The van der Waals surface area contributed by atoms with E-state index in [2.05, 4.69) is 25.7 Å². The summed E-state index contributed by atoms with van der Waals surface area (Å²) >= 11 is 3.93. The molecule has 0 bridgehead atoms. The fourth-order valence-corrected chi connectivity index (χ4v) is 4.15. The molecule has 0 aliphatic carbocycles. The number of hydrogen-bond acceptors (Lipinski definition) is 4. The summed E-state index contributed by atoms with van der Waals surface area (Å²) in [5.41, 5.74) is -0.819. The number of esters is 1. The second kappa shape index (κ2) is 6.14. The lowest BCUT2D eigenvalue weighted by Gasteiger charge is -2.07. The van der Waals surface area contributed by atoms with Crippen LogP contribution < -0.4 is 0 Å². The topological polar surface area (TPSA) is 39.2 Å². The van der Waals surface area contributed by atoms with Crippen molar-refractivity contribution in [3.05, 3.63) is 50.9 Å². The van der Waals surface area contributed by atoms with E-state index in [4.69, 9.17) is 0 Å². The number of aromatic nitrogens is 1. The van der Waals surface area contributed by atoms with Gasteiger partial charge in [0.2, 0.25) is 0 Å². The van der Waals surface area contributed by atoms with E-state index in [-0.39, 0.29) is 25.1 Å². The van der Waals surface area contributed by atoms with Gasteiger partial charge in [-0.05, 0) is 22.0 Å². The standard InChI is InChI=1S/C15H6BrF4NO2S/c1-23-15(22)14-10(16)12-13(24-14)9(8(19)4-21-12)6-2-5(17)3-7(18)11(6)20/h2-4H,1H3. The Balaban J connectivity index is 2.41. The minimum atomic E-state index is -1.45. The third-order valence-electron chi connectivity index (χ3n) is 3.23. The number of thiophene rings is 1. The summed E-state index contributed by atoms with van der Waals surface area (Å²) in [5.74, 6) is -5.58. The van der Waals surface area contributed by atoms with Gasteiger partial charge in [0.15, 0.2) is 17.5 Å². The Morgan fingerprint density at radius 3 is 2.58 bits per heavy atom. The molecule has 2 heterocycles. The highest BCUT2D eigenvalue weighted by Crippen LogP contribution is 2.42. The zero-order valence-electron chi connectivity index (χ0n) is 11.8. The van der Waals surface area contributed by atoms with E-state index < -0.39 is 34.8 Å². The first-order valence-corrected chi connectivity index (χ1v) is 7.95. The molecule has 0 aliphatic rings. The number of carbonyl (C=O) groups is 1. The highest BCUT2D eigenvalue weighted by atomic mass is 79.9. The molecule has 9 heteroatoms. The molecule has 0 amide bonds. The molecule has 0 spiro atoms. The number of rotatable bonds is 2. The van der Waals surface area contributed by atoms with Crippen molar-refractivity contribution in [2.75, 3.05) is 7.11 Å². The summed E-state index contributed by atoms with van der Waals surface area (Å²) in [6.07, 6.45) is 0.790. The average molecular weight is 420 g/mol. The molecular formula is C15H6BrF4NO2S. The van der Waals surface area contributed by atoms with Gasteiger partial charge in [-0.2, -0.15) is 0 Å². The Kier molecular flexibility index (Phi) is 4.31. The molecule has 1 aromatic carbocycles. The Morgan fingerprint density at radius 2 is 1.92 bits per heavy atom. The van der Waals surface area contributed by atoms with Gasteiger partial charge in [0.1, 0.15) is 10.7 Å². The number of fused-ring (bicyclic) bond motifs is 1. The normalized spacial score (nSPS) is 11.1. The largest absolute Gasteiger partial charge is 0.465 e. The fourth-order valence-electron chi connectivity index (χ4n) is 2.19. The Bertz CT molecular complexity index is 989. The van der Waals surface area contributed by atoms with Crippen molar-refractivity contribution in [3.63, 3.8) is 0 Å². The van der Waals surface area contributed by atoms with Gasteiger partial charge in [0.25, 0.3) is 0 Å². The molecule has 0 aliphatic heterocycles. The zero-order chi connectivity index (χ0) is 17.6. The van der Waals surface area contributed by atoms with E-state index in [1.165, 1.54) is 0 Å². The van der Waals surface area contributed by atoms with E-state index >= 15 is 0 Å². The van der Waals surface area contributed by atoms with Crippen LogP contribution in [0.1, 0.15) is 9.67 Å². The number of hydrogen-bond donors (Lipinski definition) is 0. The molecule has 24 heavy (non-hydrogen) atoms. The van der Waals surface area contributed by atoms with Gasteiger partial charge < -0.3 is 4.74 Å². The molecular weight excluding hydrogens is 414 g/mol. The molecule has 0 saturated heterocycles. The van der Waals surface area contributed by atoms with E-state index in [0.717, 1.165) is 24.6 Å². The van der Waals surface area contributed by atoms with E-state index in [1.54, 1.807) is 0 Å². The molecule has 0 unspecified atom stereocenters. The fraction of sp³-hybridized carbons (Fsp3) is 0.0667. The van der Waals surface area contributed by atoms with Crippen molar-refractivity contribution in [2.24, 2.45) is 0 Å². The van der Waals surface area contributed by atoms with Crippen molar-refractivity contribution >= 4 is 43.5 Å². The van der Waals surface area contributed by atoms with E-state index in [9.17, 15) is 22.4 Å². The summed E-state index contributed by atoms with van der Waals surface area (Å²) in [6, 6.07) is 1.04. The van der Waals surface area contributed by atoms with Crippen molar-refractivity contribution in [1.82, 2.24) is 4.98 Å². The summed E-state index contributed by atoms with van der Waals surface area (Å²) in [5, 5.41) is 0. The molecule has 124 valence electrons. The summed E-state index contributed by atoms with van der Waals surface area (Å²) in [4.78, 5) is 15.7. The van der Waals surface area contributed by atoms with Crippen molar-refractivity contribution < 1.29 is 27.1 Å². The zero-order valence-corrected chi connectivity index (χ0v) is 14.2. The molecule has 0 fully saturated rings. The first kappa shape index (κ1) is 16.8. The third kappa shape index (κ3) is 2.57. The Labute approximate surface area is 145 Å². The monoisotopic (exact) mass is 419 g/mol. The van der Waals surface area contributed by atoms with Crippen LogP contribution in [0.15, 0.2) is 22.8 Å². The summed E-state index contributed by atoms with van der Waals surface area (Å²) in [6.45, 7) is 0. The van der Waals surface area contributed by atoms with Crippen molar-refractivity contribution in [3.8, 4) is 11.1 Å². The van der Waals surface area contributed by atoms with Crippen LogP contribution in [0, 0.1) is 23.3 Å². The van der Waals surface area contributed by atoms with Gasteiger partial charge in [-0.15, -0.1) is 11.3 Å². The van der Waals surface area contributed by atoms with Crippen LogP contribution in [0.2, 0.25) is 0 Å². The predicted octanol–water partition coefficient (Wildman–Crippen LogP) is 5.07. The predicted molar refractivity (Wildman–Crippen MR) is 83.9 cm³/mol. The van der Waals surface area contributed by atoms with Crippen molar-refractivity contribution in [1.29, 1.82) is 0 Å². The number of carbonyl (C=O) groups excluding carboxylic acids is 1. The van der Waals surface area contributed by atoms with Crippen LogP contribution in [0.25, 0.3) is 21.3 Å². The highest BCUT2D eigenvalue weighted by molar-refractivity contribution is 9.10. The highest BCUT2D eigenvalue weighted by Gasteiger charge is 2.25. The number of pyridine rings is 1. The lowest BCUT2D eigenvalue weighted by Crippen LogP contribution is -1.98. The van der Waals surface area contributed by atoms with Crippen LogP contribution in [0.3, 0.4) is 0 Å². The van der Waals surface area contributed by atoms with E-state index in [1.807, 2.05) is 0 Å². The third-order valence-corrected chi connectivity index (χ3v) is 5.44. The summed E-state index contributed by atoms with van der Waals surface area (Å²) in [7, 11) is 1.16. The van der Waals surface area contributed by atoms with Gasteiger partial charge in [-0.1, -0.05) is 0 Å². The van der Waals surface area contributed by atoms with Gasteiger partial charge >= 0.3 is 5.97 Å². The van der Waals surface area contributed by atoms with Gasteiger partial charge in [0, 0.05) is 17.2 Å². The second-order valence-corrected chi connectivity index (χ2v) is 6.46. The number of methoxy groups -OCH3 is 1. The Hall–Kier alpha value is -2.00. The van der Waals surface area contributed by atoms with Crippen LogP contribution in [0.4, 0.5) is 17.6 Å². The van der Waals surface area contributed by atoms with Crippen molar-refractivity contribution in [2.45, 2.75) is 0 Å². The smallest absolute Gasteiger partial charge is 0.349 e. The van der Waals surface area contributed by atoms with Crippen LogP contribution in [-0.2, 0) is 4.74 Å². The quantitative estimate of drug-likeness (QED) is 0.330. The van der Waals surface area contributed by atoms with Gasteiger partial charge in [-0.25, -0.2) is 22.4 Å². The SMILES string of the molecule is COC(=O)c1sc2c(-c3cc(F)cc(F)c3F)c(F)cnc2c1Br. The molecule has 0 atom stereocenters.